The summed E-state index contributed by atoms with van der Waals surface area (Å²) in [6.07, 6.45) is 0.581. The van der Waals surface area contributed by atoms with Crippen LogP contribution in [0.15, 0.2) is 48.5 Å². The minimum Gasteiger partial charge on any atom is -0.544 e. The Labute approximate surface area is 168 Å². The number of aliphatic hydroxyl groups excluding tert-OH is 1. The molecule has 2 aromatic rings. The first-order valence-electron chi connectivity index (χ1n) is 9.56. The van der Waals surface area contributed by atoms with Gasteiger partial charge < -0.3 is 19.6 Å². The summed E-state index contributed by atoms with van der Waals surface area (Å²) in [6, 6.07) is 14.4. The highest BCUT2D eigenvalue weighted by molar-refractivity contribution is 6.74. The largest absolute Gasteiger partial charge is 0.544 e. The molecule has 0 bridgehead atoms. The number of carbonyl (C=O) groups excluding carboxylic acids is 1. The lowest BCUT2D eigenvalue weighted by atomic mass is 10.2. The van der Waals surface area contributed by atoms with E-state index in [4.69, 9.17) is 14.3 Å². The number of nitrogens with one attached hydrogen (secondary N) is 1. The van der Waals surface area contributed by atoms with Crippen LogP contribution < -0.4 is 14.5 Å². The van der Waals surface area contributed by atoms with E-state index < -0.39 is 8.32 Å². The molecule has 0 aliphatic heterocycles. The molecular formula is C22H31NO4Si. The third-order valence-electron chi connectivity index (χ3n) is 4.98. The van der Waals surface area contributed by atoms with E-state index in [2.05, 4.69) is 39.2 Å². The van der Waals surface area contributed by atoms with Crippen LogP contribution in [0.3, 0.4) is 0 Å². The molecule has 0 aliphatic rings. The lowest BCUT2D eigenvalue weighted by Crippen LogP contribution is -2.43. The highest BCUT2D eigenvalue weighted by atomic mass is 28.4. The van der Waals surface area contributed by atoms with Crippen LogP contribution in [0.5, 0.6) is 11.5 Å². The number of rotatable bonds is 8. The quantitative estimate of drug-likeness (QED) is 0.478. The second-order valence-corrected chi connectivity index (χ2v) is 13.0. The third-order valence-corrected chi connectivity index (χ3v) is 9.34. The predicted molar refractivity (Wildman–Crippen MR) is 116 cm³/mol. The standard InChI is InChI=1S/C22H31NO4Si/c1-22(2,3)28(4,5)27-20-13-9-18(10-14-20)23-21(25)17-7-11-19(12-8-17)26-16-6-15-24/h7-14,24H,6,15-16H2,1-5H3,(H,23,25). The summed E-state index contributed by atoms with van der Waals surface area (Å²) < 4.78 is 11.7. The van der Waals surface area contributed by atoms with E-state index in [0.29, 0.717) is 24.3 Å². The van der Waals surface area contributed by atoms with Gasteiger partial charge in [-0.3, -0.25) is 4.79 Å². The van der Waals surface area contributed by atoms with Crippen molar-refractivity contribution in [3.05, 3.63) is 54.1 Å². The molecule has 0 spiro atoms. The average Bonchev–Trinajstić information content (AvgIpc) is 2.63. The van der Waals surface area contributed by atoms with Crippen molar-refractivity contribution in [1.82, 2.24) is 0 Å². The summed E-state index contributed by atoms with van der Waals surface area (Å²) in [7, 11) is -1.88. The van der Waals surface area contributed by atoms with Crippen molar-refractivity contribution in [2.24, 2.45) is 0 Å². The van der Waals surface area contributed by atoms with Gasteiger partial charge in [0.25, 0.3) is 5.91 Å². The number of hydrogen-bond donors (Lipinski definition) is 2. The minimum absolute atomic E-state index is 0.0974. The van der Waals surface area contributed by atoms with Crippen molar-refractivity contribution in [3.63, 3.8) is 0 Å². The van der Waals surface area contributed by atoms with E-state index in [-0.39, 0.29) is 17.6 Å². The molecule has 2 aromatic carbocycles. The van der Waals surface area contributed by atoms with Crippen LogP contribution in [-0.2, 0) is 0 Å². The zero-order valence-electron chi connectivity index (χ0n) is 17.4. The highest BCUT2D eigenvalue weighted by Crippen LogP contribution is 2.37. The van der Waals surface area contributed by atoms with Crippen molar-refractivity contribution in [2.45, 2.75) is 45.3 Å². The molecule has 0 fully saturated rings. The first kappa shape index (κ1) is 22.0. The van der Waals surface area contributed by atoms with E-state index in [1.807, 2.05) is 24.3 Å². The molecule has 0 aromatic heterocycles. The van der Waals surface area contributed by atoms with Crippen molar-refractivity contribution in [2.75, 3.05) is 18.5 Å². The second kappa shape index (κ2) is 9.25. The Morgan fingerprint density at radius 2 is 1.57 bits per heavy atom. The Kier molecular flexibility index (Phi) is 7.27. The van der Waals surface area contributed by atoms with Crippen LogP contribution in [0, 0.1) is 0 Å². The topological polar surface area (TPSA) is 67.8 Å². The number of hydrogen-bond acceptors (Lipinski definition) is 4. The van der Waals surface area contributed by atoms with Gasteiger partial charge >= 0.3 is 0 Å². The van der Waals surface area contributed by atoms with Gasteiger partial charge in [-0.1, -0.05) is 20.8 Å². The number of anilines is 1. The SMILES string of the molecule is CC(C)(C)[Si](C)(C)Oc1ccc(NC(=O)c2ccc(OCCCO)cc2)cc1. The van der Waals surface area contributed by atoms with E-state index in [1.165, 1.54) is 0 Å². The molecule has 0 saturated heterocycles. The van der Waals surface area contributed by atoms with Gasteiger partial charge in [-0.05, 0) is 66.7 Å². The van der Waals surface area contributed by atoms with Gasteiger partial charge in [-0.25, -0.2) is 0 Å². The third kappa shape index (κ3) is 6.11. The van der Waals surface area contributed by atoms with Crippen LogP contribution in [0.4, 0.5) is 5.69 Å². The maximum absolute atomic E-state index is 12.4. The van der Waals surface area contributed by atoms with E-state index in [0.717, 1.165) is 11.4 Å². The molecule has 152 valence electrons. The first-order valence-corrected chi connectivity index (χ1v) is 12.5. The van der Waals surface area contributed by atoms with E-state index in [9.17, 15) is 4.79 Å². The minimum atomic E-state index is -1.88. The van der Waals surface area contributed by atoms with E-state index >= 15 is 0 Å². The summed E-state index contributed by atoms with van der Waals surface area (Å²) in [5.41, 5.74) is 1.27. The van der Waals surface area contributed by atoms with Crippen LogP contribution in [0.1, 0.15) is 37.6 Å². The number of ether oxygens (including phenoxy) is 1. The monoisotopic (exact) mass is 401 g/mol. The molecule has 0 saturated carbocycles. The van der Waals surface area contributed by atoms with Gasteiger partial charge in [0, 0.05) is 24.3 Å². The van der Waals surface area contributed by atoms with Crippen molar-refractivity contribution >= 4 is 19.9 Å². The number of aliphatic hydroxyl groups is 1. The van der Waals surface area contributed by atoms with Gasteiger partial charge in [-0.2, -0.15) is 0 Å². The Balaban J connectivity index is 1.95. The van der Waals surface area contributed by atoms with Gasteiger partial charge in [0.05, 0.1) is 6.61 Å². The van der Waals surface area contributed by atoms with Gasteiger partial charge in [-0.15, -0.1) is 0 Å². The molecule has 5 nitrogen and oxygen atoms in total. The molecule has 2 N–H and O–H groups in total. The fourth-order valence-electron chi connectivity index (χ4n) is 2.21. The zero-order valence-corrected chi connectivity index (χ0v) is 18.4. The Hall–Kier alpha value is -2.31. The van der Waals surface area contributed by atoms with Gasteiger partial charge in [0.2, 0.25) is 8.32 Å². The molecule has 0 aliphatic carbocycles. The number of amides is 1. The molecule has 0 radical (unpaired) electrons. The fourth-order valence-corrected chi connectivity index (χ4v) is 3.25. The Bertz CT molecular complexity index is 765. The highest BCUT2D eigenvalue weighted by Gasteiger charge is 2.38. The molecule has 28 heavy (non-hydrogen) atoms. The lowest BCUT2D eigenvalue weighted by molar-refractivity contribution is 0.102. The lowest BCUT2D eigenvalue weighted by Gasteiger charge is -2.36. The van der Waals surface area contributed by atoms with Crippen LogP contribution in [0.2, 0.25) is 18.1 Å². The van der Waals surface area contributed by atoms with Gasteiger partial charge in [0.15, 0.2) is 0 Å². The van der Waals surface area contributed by atoms with E-state index in [1.54, 1.807) is 24.3 Å². The molecule has 6 heteroatoms. The van der Waals surface area contributed by atoms with Crippen LogP contribution in [0.25, 0.3) is 0 Å². The fraction of sp³-hybridized carbons (Fsp3) is 0.409. The zero-order chi connectivity index (χ0) is 20.8. The average molecular weight is 402 g/mol. The number of carbonyl (C=O) groups is 1. The summed E-state index contributed by atoms with van der Waals surface area (Å²) in [4.78, 5) is 12.4. The molecule has 0 heterocycles. The normalized spacial score (nSPS) is 11.8. The van der Waals surface area contributed by atoms with Crippen LogP contribution >= 0.6 is 0 Å². The maximum atomic E-state index is 12.4. The molecule has 0 unspecified atom stereocenters. The van der Waals surface area contributed by atoms with Crippen LogP contribution in [-0.4, -0.2) is 32.5 Å². The van der Waals surface area contributed by atoms with Crippen molar-refractivity contribution < 1.29 is 19.1 Å². The molecule has 2 rings (SSSR count). The van der Waals surface area contributed by atoms with Crippen molar-refractivity contribution in [3.8, 4) is 11.5 Å². The van der Waals surface area contributed by atoms with Crippen molar-refractivity contribution in [1.29, 1.82) is 0 Å². The predicted octanol–water partition coefficient (Wildman–Crippen LogP) is 5.08. The molecule has 1 amide bonds. The Morgan fingerprint density at radius 1 is 1.00 bits per heavy atom. The Morgan fingerprint density at radius 3 is 2.11 bits per heavy atom. The molecule has 0 atom stereocenters. The summed E-state index contributed by atoms with van der Waals surface area (Å²) in [6.45, 7) is 11.6. The first-order chi connectivity index (χ1) is 13.1. The summed E-state index contributed by atoms with van der Waals surface area (Å²) in [5, 5.41) is 11.8. The maximum Gasteiger partial charge on any atom is 0.255 e. The molecular weight excluding hydrogens is 370 g/mol. The van der Waals surface area contributed by atoms with Gasteiger partial charge in [0.1, 0.15) is 11.5 Å². The summed E-state index contributed by atoms with van der Waals surface area (Å²) >= 11 is 0. The summed E-state index contributed by atoms with van der Waals surface area (Å²) in [5.74, 6) is 1.33. The smallest absolute Gasteiger partial charge is 0.255 e. The second-order valence-electron chi connectivity index (χ2n) is 8.29. The number of benzene rings is 2.